The summed E-state index contributed by atoms with van der Waals surface area (Å²) in [4.78, 5) is 0. The van der Waals surface area contributed by atoms with Gasteiger partial charge in [-0.15, -0.1) is 6.58 Å². The first kappa shape index (κ1) is 8.25. The lowest BCUT2D eigenvalue weighted by atomic mass is 10.1. The molecule has 1 rings (SSSR count). The zero-order valence-electron chi connectivity index (χ0n) is 6.84. The van der Waals surface area contributed by atoms with Gasteiger partial charge < -0.3 is 5.41 Å². The molecular formula is C10H15N. The van der Waals surface area contributed by atoms with Crippen LogP contribution in [-0.2, 0) is 0 Å². The van der Waals surface area contributed by atoms with E-state index >= 15 is 0 Å². The minimum Gasteiger partial charge on any atom is -0.305 e. The summed E-state index contributed by atoms with van der Waals surface area (Å²) >= 11 is 0. The fourth-order valence-corrected chi connectivity index (χ4v) is 1.33. The first-order valence-corrected chi connectivity index (χ1v) is 4.10. The van der Waals surface area contributed by atoms with Gasteiger partial charge in [0.1, 0.15) is 0 Å². The van der Waals surface area contributed by atoms with Crippen molar-refractivity contribution in [3.8, 4) is 0 Å². The number of hydrogen-bond donors (Lipinski definition) is 1. The average molecular weight is 149 g/mol. The normalized spacial score (nSPS) is 27.6. The Morgan fingerprint density at radius 3 is 2.73 bits per heavy atom. The second kappa shape index (κ2) is 3.51. The molecule has 1 N–H and O–H groups in total. The first-order chi connectivity index (χ1) is 5.27. The van der Waals surface area contributed by atoms with E-state index in [0.29, 0.717) is 5.71 Å². The third-order valence-corrected chi connectivity index (χ3v) is 2.31. The van der Waals surface area contributed by atoms with Crippen molar-refractivity contribution in [3.05, 3.63) is 25.3 Å². The molecule has 2 unspecified atom stereocenters. The summed E-state index contributed by atoms with van der Waals surface area (Å²) < 4.78 is 0. The lowest BCUT2D eigenvalue weighted by Crippen LogP contribution is -1.91. The predicted molar refractivity (Wildman–Crippen MR) is 49.0 cm³/mol. The zero-order valence-corrected chi connectivity index (χ0v) is 6.84. The Hall–Kier alpha value is -0.850. The molecule has 1 aliphatic carbocycles. The van der Waals surface area contributed by atoms with Crippen LogP contribution >= 0.6 is 0 Å². The fraction of sp³-hybridized carbons (Fsp3) is 0.500. The van der Waals surface area contributed by atoms with E-state index in [1.165, 1.54) is 6.42 Å². The molecule has 1 aliphatic rings. The van der Waals surface area contributed by atoms with E-state index in [-0.39, 0.29) is 0 Å². The SMILES string of the molecule is C=CC(=N)CCC1CC1C=C. The van der Waals surface area contributed by atoms with Crippen molar-refractivity contribution < 1.29 is 0 Å². The smallest absolute Gasteiger partial charge is 0.0308 e. The molecular weight excluding hydrogens is 134 g/mol. The van der Waals surface area contributed by atoms with Crippen LogP contribution in [0.25, 0.3) is 0 Å². The van der Waals surface area contributed by atoms with E-state index in [0.717, 1.165) is 24.7 Å². The van der Waals surface area contributed by atoms with Gasteiger partial charge >= 0.3 is 0 Å². The summed E-state index contributed by atoms with van der Waals surface area (Å²) in [6.07, 6.45) is 6.97. The van der Waals surface area contributed by atoms with Gasteiger partial charge in [-0.3, -0.25) is 0 Å². The lowest BCUT2D eigenvalue weighted by molar-refractivity contribution is 0.722. The van der Waals surface area contributed by atoms with Crippen molar-refractivity contribution in [1.82, 2.24) is 0 Å². The third-order valence-electron chi connectivity index (χ3n) is 2.31. The fourth-order valence-electron chi connectivity index (χ4n) is 1.33. The van der Waals surface area contributed by atoms with Crippen LogP contribution in [0.1, 0.15) is 19.3 Å². The predicted octanol–water partition coefficient (Wildman–Crippen LogP) is 2.79. The second-order valence-electron chi connectivity index (χ2n) is 3.16. The molecule has 11 heavy (non-hydrogen) atoms. The highest BCUT2D eigenvalue weighted by Crippen LogP contribution is 2.42. The second-order valence-corrected chi connectivity index (χ2v) is 3.16. The van der Waals surface area contributed by atoms with Gasteiger partial charge in [-0.1, -0.05) is 12.7 Å². The molecule has 0 aromatic carbocycles. The molecule has 0 aromatic heterocycles. The summed E-state index contributed by atoms with van der Waals surface area (Å²) in [5.74, 6) is 1.56. The molecule has 1 fully saturated rings. The number of rotatable bonds is 5. The molecule has 0 aromatic rings. The van der Waals surface area contributed by atoms with Crippen molar-refractivity contribution >= 4 is 5.71 Å². The van der Waals surface area contributed by atoms with Crippen molar-refractivity contribution in [2.24, 2.45) is 11.8 Å². The maximum Gasteiger partial charge on any atom is 0.0308 e. The summed E-state index contributed by atoms with van der Waals surface area (Å²) in [6.45, 7) is 7.30. The van der Waals surface area contributed by atoms with Crippen molar-refractivity contribution in [2.45, 2.75) is 19.3 Å². The van der Waals surface area contributed by atoms with Crippen molar-refractivity contribution in [2.75, 3.05) is 0 Å². The van der Waals surface area contributed by atoms with Gasteiger partial charge in [-0.2, -0.15) is 0 Å². The van der Waals surface area contributed by atoms with E-state index in [1.807, 2.05) is 6.08 Å². The van der Waals surface area contributed by atoms with Crippen LogP contribution in [0.2, 0.25) is 0 Å². The Kier molecular flexibility index (Phi) is 2.64. The van der Waals surface area contributed by atoms with E-state index in [4.69, 9.17) is 5.41 Å². The molecule has 0 bridgehead atoms. The quantitative estimate of drug-likeness (QED) is 0.459. The van der Waals surface area contributed by atoms with Gasteiger partial charge in [0.05, 0.1) is 0 Å². The third kappa shape index (κ3) is 2.34. The monoisotopic (exact) mass is 149 g/mol. The number of nitrogens with one attached hydrogen (secondary N) is 1. The highest BCUT2D eigenvalue weighted by molar-refractivity contribution is 5.91. The van der Waals surface area contributed by atoms with Gasteiger partial charge in [0, 0.05) is 5.71 Å². The zero-order chi connectivity index (χ0) is 8.27. The van der Waals surface area contributed by atoms with Crippen molar-refractivity contribution in [1.29, 1.82) is 5.41 Å². The molecule has 0 saturated heterocycles. The van der Waals surface area contributed by atoms with E-state index in [1.54, 1.807) is 6.08 Å². The van der Waals surface area contributed by atoms with Crippen LogP contribution in [0.15, 0.2) is 25.3 Å². The van der Waals surface area contributed by atoms with Crippen LogP contribution in [0.5, 0.6) is 0 Å². The minimum absolute atomic E-state index is 0.666. The summed E-state index contributed by atoms with van der Waals surface area (Å²) in [7, 11) is 0. The van der Waals surface area contributed by atoms with Gasteiger partial charge in [-0.05, 0) is 37.2 Å². The van der Waals surface area contributed by atoms with Crippen molar-refractivity contribution in [3.63, 3.8) is 0 Å². The van der Waals surface area contributed by atoms with Crippen LogP contribution in [0, 0.1) is 17.2 Å². The van der Waals surface area contributed by atoms with E-state index in [9.17, 15) is 0 Å². The Bertz CT molecular complexity index is 181. The Balaban J connectivity index is 2.10. The van der Waals surface area contributed by atoms with Gasteiger partial charge in [0.25, 0.3) is 0 Å². The molecule has 1 nitrogen and oxygen atoms in total. The number of allylic oxidation sites excluding steroid dienone is 2. The Labute approximate surface area is 68.3 Å². The molecule has 0 amide bonds. The Morgan fingerprint density at radius 2 is 2.27 bits per heavy atom. The van der Waals surface area contributed by atoms with Crippen LogP contribution < -0.4 is 0 Å². The van der Waals surface area contributed by atoms with Crippen LogP contribution in [0.4, 0.5) is 0 Å². The Morgan fingerprint density at radius 1 is 1.55 bits per heavy atom. The molecule has 2 atom stereocenters. The van der Waals surface area contributed by atoms with Gasteiger partial charge in [-0.25, -0.2) is 0 Å². The van der Waals surface area contributed by atoms with Gasteiger partial charge in [0.2, 0.25) is 0 Å². The largest absolute Gasteiger partial charge is 0.305 e. The molecule has 0 radical (unpaired) electrons. The molecule has 0 aliphatic heterocycles. The summed E-state index contributed by atoms with van der Waals surface area (Å²) in [6, 6.07) is 0. The highest BCUT2D eigenvalue weighted by atomic mass is 14.4. The minimum atomic E-state index is 0.666. The molecule has 0 heterocycles. The molecule has 60 valence electrons. The van der Waals surface area contributed by atoms with Crippen LogP contribution in [-0.4, -0.2) is 5.71 Å². The van der Waals surface area contributed by atoms with E-state index < -0.39 is 0 Å². The molecule has 1 heteroatoms. The van der Waals surface area contributed by atoms with E-state index in [2.05, 4.69) is 13.2 Å². The first-order valence-electron chi connectivity index (χ1n) is 4.10. The topological polar surface area (TPSA) is 23.9 Å². The summed E-state index contributed by atoms with van der Waals surface area (Å²) in [5, 5.41) is 7.34. The van der Waals surface area contributed by atoms with Gasteiger partial charge in [0.15, 0.2) is 0 Å². The molecule has 0 spiro atoms. The molecule has 1 saturated carbocycles. The number of hydrogen-bond acceptors (Lipinski definition) is 1. The average Bonchev–Trinajstić information content (AvgIpc) is 2.78. The highest BCUT2D eigenvalue weighted by Gasteiger charge is 2.33. The lowest BCUT2D eigenvalue weighted by Gasteiger charge is -1.95. The summed E-state index contributed by atoms with van der Waals surface area (Å²) in [5.41, 5.74) is 0.666. The maximum absolute atomic E-state index is 7.34. The maximum atomic E-state index is 7.34. The standard InChI is InChI=1S/C10H15N/c1-3-8-7-9(8)5-6-10(11)4-2/h3-4,8-9,11H,1-2,5-7H2. The van der Waals surface area contributed by atoms with Crippen LogP contribution in [0.3, 0.4) is 0 Å².